The predicted molar refractivity (Wildman–Crippen MR) is 59.1 cm³/mol. The Morgan fingerprint density at radius 1 is 1.08 bits per heavy atom. The molecule has 0 fully saturated rings. The van der Waals surface area contributed by atoms with E-state index in [2.05, 4.69) is 49.7 Å². The van der Waals surface area contributed by atoms with Crippen LogP contribution in [0.3, 0.4) is 0 Å². The fourth-order valence-corrected chi connectivity index (χ4v) is 1.71. The van der Waals surface area contributed by atoms with Crippen LogP contribution in [0.5, 0.6) is 0 Å². The molecule has 2 rings (SSSR count). The Morgan fingerprint density at radius 3 is 2.31 bits per heavy atom. The van der Waals surface area contributed by atoms with Crippen molar-refractivity contribution in [1.29, 1.82) is 0 Å². The van der Waals surface area contributed by atoms with Gasteiger partial charge in [-0.15, -0.1) is 0 Å². The zero-order valence-corrected chi connectivity index (χ0v) is 7.76. The molecule has 0 radical (unpaired) electrons. The van der Waals surface area contributed by atoms with E-state index in [9.17, 15) is 0 Å². The third-order valence-corrected chi connectivity index (χ3v) is 2.72. The molecule has 1 heteroatoms. The van der Waals surface area contributed by atoms with Gasteiger partial charge in [0.15, 0.2) is 0 Å². The smallest absolute Gasteiger partial charge is 0.0482 e. The van der Waals surface area contributed by atoms with Gasteiger partial charge in [-0.2, -0.15) is 0 Å². The van der Waals surface area contributed by atoms with Gasteiger partial charge in [-0.3, -0.25) is 0 Å². The first-order valence-electron chi connectivity index (χ1n) is 4.22. The van der Waals surface area contributed by atoms with Crippen LogP contribution in [0.1, 0.15) is 18.7 Å². The summed E-state index contributed by atoms with van der Waals surface area (Å²) in [6, 6.07) is 8.52. The quantitative estimate of drug-likeness (QED) is 0.578. The zero-order valence-electron chi connectivity index (χ0n) is 7.76. The van der Waals surface area contributed by atoms with Gasteiger partial charge < -0.3 is 4.57 Å². The Balaban J connectivity index is 0.000000845. The van der Waals surface area contributed by atoms with Gasteiger partial charge in [0.25, 0.3) is 0 Å². The molecule has 0 N–H and O–H groups in total. The molecule has 13 heavy (non-hydrogen) atoms. The molecular formula is C12H17N. The van der Waals surface area contributed by atoms with E-state index >= 15 is 0 Å². The number of para-hydroxylation sites is 1. The molecular weight excluding hydrogens is 158 g/mol. The van der Waals surface area contributed by atoms with E-state index in [4.69, 9.17) is 0 Å². The van der Waals surface area contributed by atoms with Crippen molar-refractivity contribution in [3.63, 3.8) is 0 Å². The van der Waals surface area contributed by atoms with Gasteiger partial charge in [0, 0.05) is 23.6 Å². The average Bonchev–Trinajstić information content (AvgIpc) is 2.33. The summed E-state index contributed by atoms with van der Waals surface area (Å²) in [6.45, 7) is 4.34. The van der Waals surface area contributed by atoms with Crippen molar-refractivity contribution in [2.24, 2.45) is 7.05 Å². The van der Waals surface area contributed by atoms with Gasteiger partial charge in [-0.1, -0.05) is 25.6 Å². The Labute approximate surface area is 80.0 Å². The number of rotatable bonds is 0. The molecule has 0 unspecified atom stereocenters. The maximum atomic E-state index is 2.24. The maximum Gasteiger partial charge on any atom is 0.0482 e. The SMILES string of the molecule is C.Cc1c(C)n(C)c2ccccc12. The first-order chi connectivity index (χ1) is 5.72. The lowest BCUT2D eigenvalue weighted by molar-refractivity contribution is 0.910. The maximum absolute atomic E-state index is 2.24. The van der Waals surface area contributed by atoms with Crippen LogP contribution in [0.2, 0.25) is 0 Å². The Hall–Kier alpha value is -1.24. The standard InChI is InChI=1S/C11H13N.CH4/c1-8-9(2)12(3)11-7-5-4-6-10(8)11;/h4-7H,1-3H3;1H4. The molecule has 1 aromatic carbocycles. The average molecular weight is 175 g/mol. The van der Waals surface area contributed by atoms with E-state index < -0.39 is 0 Å². The molecule has 0 saturated heterocycles. The summed E-state index contributed by atoms with van der Waals surface area (Å²) in [5.41, 5.74) is 4.08. The van der Waals surface area contributed by atoms with Crippen molar-refractivity contribution in [3.05, 3.63) is 35.5 Å². The number of nitrogens with zero attached hydrogens (tertiary/aromatic N) is 1. The number of aromatic nitrogens is 1. The first-order valence-corrected chi connectivity index (χ1v) is 4.22. The van der Waals surface area contributed by atoms with Crippen LogP contribution in [0.15, 0.2) is 24.3 Å². The lowest BCUT2D eigenvalue weighted by Crippen LogP contribution is -1.89. The summed E-state index contributed by atoms with van der Waals surface area (Å²) in [7, 11) is 2.12. The van der Waals surface area contributed by atoms with Crippen LogP contribution in [-0.4, -0.2) is 4.57 Å². The lowest BCUT2D eigenvalue weighted by atomic mass is 10.2. The van der Waals surface area contributed by atoms with Gasteiger partial charge >= 0.3 is 0 Å². The molecule has 1 aromatic heterocycles. The largest absolute Gasteiger partial charge is 0.348 e. The summed E-state index contributed by atoms with van der Waals surface area (Å²) in [6.07, 6.45) is 0. The van der Waals surface area contributed by atoms with E-state index in [0.29, 0.717) is 0 Å². The summed E-state index contributed by atoms with van der Waals surface area (Å²) in [5, 5.41) is 1.37. The number of aryl methyl sites for hydroxylation is 2. The van der Waals surface area contributed by atoms with Crippen LogP contribution < -0.4 is 0 Å². The topological polar surface area (TPSA) is 4.93 Å². The summed E-state index contributed by atoms with van der Waals surface area (Å²) < 4.78 is 2.24. The molecule has 0 aliphatic rings. The molecule has 0 amide bonds. The van der Waals surface area contributed by atoms with Crippen molar-refractivity contribution in [2.75, 3.05) is 0 Å². The third kappa shape index (κ3) is 1.24. The number of benzene rings is 1. The second kappa shape index (κ2) is 3.25. The van der Waals surface area contributed by atoms with Crippen LogP contribution in [0.4, 0.5) is 0 Å². The molecule has 2 aromatic rings. The van der Waals surface area contributed by atoms with Gasteiger partial charge in [-0.25, -0.2) is 0 Å². The highest BCUT2D eigenvalue weighted by Crippen LogP contribution is 2.22. The number of fused-ring (bicyclic) bond motifs is 1. The molecule has 1 heterocycles. The lowest BCUT2D eigenvalue weighted by Gasteiger charge is -1.96. The molecule has 0 spiro atoms. The minimum atomic E-state index is 0. The highest BCUT2D eigenvalue weighted by Gasteiger charge is 2.05. The van der Waals surface area contributed by atoms with Gasteiger partial charge in [-0.05, 0) is 25.5 Å². The minimum absolute atomic E-state index is 0. The van der Waals surface area contributed by atoms with Gasteiger partial charge in [0.1, 0.15) is 0 Å². The Bertz CT molecular complexity index is 385. The molecule has 1 nitrogen and oxygen atoms in total. The normalized spacial score (nSPS) is 10.1. The molecule has 0 bridgehead atoms. The van der Waals surface area contributed by atoms with Crippen molar-refractivity contribution >= 4 is 10.9 Å². The van der Waals surface area contributed by atoms with Crippen molar-refractivity contribution < 1.29 is 0 Å². The van der Waals surface area contributed by atoms with Crippen LogP contribution >= 0.6 is 0 Å². The van der Waals surface area contributed by atoms with E-state index in [-0.39, 0.29) is 7.43 Å². The molecule has 0 aliphatic carbocycles. The third-order valence-electron chi connectivity index (χ3n) is 2.72. The summed E-state index contributed by atoms with van der Waals surface area (Å²) >= 11 is 0. The van der Waals surface area contributed by atoms with Crippen LogP contribution in [-0.2, 0) is 7.05 Å². The zero-order chi connectivity index (χ0) is 8.72. The predicted octanol–water partition coefficient (Wildman–Crippen LogP) is 3.43. The second-order valence-electron chi connectivity index (χ2n) is 3.29. The van der Waals surface area contributed by atoms with Gasteiger partial charge in [0.2, 0.25) is 0 Å². The van der Waals surface area contributed by atoms with Crippen molar-refractivity contribution in [2.45, 2.75) is 21.3 Å². The summed E-state index contributed by atoms with van der Waals surface area (Å²) in [4.78, 5) is 0. The molecule has 0 aliphatic heterocycles. The highest BCUT2D eigenvalue weighted by atomic mass is 14.9. The molecule has 0 saturated carbocycles. The van der Waals surface area contributed by atoms with E-state index in [1.807, 2.05) is 0 Å². The van der Waals surface area contributed by atoms with E-state index in [1.54, 1.807) is 0 Å². The van der Waals surface area contributed by atoms with Crippen LogP contribution in [0, 0.1) is 13.8 Å². The van der Waals surface area contributed by atoms with E-state index in [0.717, 1.165) is 0 Å². The first kappa shape index (κ1) is 9.85. The fraction of sp³-hybridized carbons (Fsp3) is 0.333. The minimum Gasteiger partial charge on any atom is -0.348 e. The number of hydrogen-bond donors (Lipinski definition) is 0. The Morgan fingerprint density at radius 2 is 1.69 bits per heavy atom. The second-order valence-corrected chi connectivity index (χ2v) is 3.29. The van der Waals surface area contributed by atoms with E-state index in [1.165, 1.54) is 22.2 Å². The van der Waals surface area contributed by atoms with Crippen molar-refractivity contribution in [3.8, 4) is 0 Å². The summed E-state index contributed by atoms with van der Waals surface area (Å²) in [5.74, 6) is 0. The number of hydrogen-bond acceptors (Lipinski definition) is 0. The Kier molecular flexibility index (Phi) is 2.46. The van der Waals surface area contributed by atoms with Gasteiger partial charge in [0.05, 0.1) is 0 Å². The van der Waals surface area contributed by atoms with Crippen molar-refractivity contribution in [1.82, 2.24) is 4.57 Å². The van der Waals surface area contributed by atoms with Crippen LogP contribution in [0.25, 0.3) is 10.9 Å². The fourth-order valence-electron chi connectivity index (χ4n) is 1.71. The molecule has 70 valence electrons. The monoisotopic (exact) mass is 175 g/mol. The molecule has 0 atom stereocenters. The highest BCUT2D eigenvalue weighted by molar-refractivity contribution is 5.85.